The Morgan fingerprint density at radius 1 is 1.08 bits per heavy atom. The lowest BCUT2D eigenvalue weighted by Crippen LogP contribution is -2.48. The maximum absolute atomic E-state index is 13.1. The first kappa shape index (κ1) is 18.6. The van der Waals surface area contributed by atoms with Crippen molar-refractivity contribution in [1.82, 2.24) is 9.21 Å². The molecule has 0 radical (unpaired) electrons. The number of amides is 1. The Morgan fingerprint density at radius 3 is 2.28 bits per heavy atom. The van der Waals surface area contributed by atoms with Crippen molar-refractivity contribution < 1.29 is 13.2 Å². The minimum Gasteiger partial charge on any atom is -0.316 e. The van der Waals surface area contributed by atoms with E-state index in [2.05, 4.69) is 18.2 Å². The van der Waals surface area contributed by atoms with Gasteiger partial charge in [-0.05, 0) is 31.1 Å². The molecule has 6 heteroatoms. The summed E-state index contributed by atoms with van der Waals surface area (Å²) >= 11 is 0. The van der Waals surface area contributed by atoms with Crippen molar-refractivity contribution in [3.63, 3.8) is 0 Å². The van der Waals surface area contributed by atoms with Gasteiger partial charge in [-0.2, -0.15) is 0 Å². The maximum atomic E-state index is 13.1. The molecule has 140 valence electrons. The highest BCUT2D eigenvalue weighted by molar-refractivity contribution is 7.89. The van der Waals surface area contributed by atoms with Crippen LogP contribution in [0.3, 0.4) is 0 Å². The van der Waals surface area contributed by atoms with E-state index in [4.69, 9.17) is 0 Å². The van der Waals surface area contributed by atoms with Crippen molar-refractivity contribution >= 4 is 15.9 Å². The third-order valence-corrected chi connectivity index (χ3v) is 7.91. The average molecular weight is 367 g/mol. The summed E-state index contributed by atoms with van der Waals surface area (Å²) in [5.41, 5.74) is 0.511. The molecule has 1 spiro atoms. The van der Waals surface area contributed by atoms with E-state index in [1.54, 1.807) is 4.31 Å². The molecule has 0 aromatic rings. The SMILES string of the molecule is CC(C)(C)CS(=O)(=O)N1CCC2(CCN(C3=CCC=CC3)C2=O)CC1. The van der Waals surface area contributed by atoms with Crippen molar-refractivity contribution in [3.05, 3.63) is 23.9 Å². The van der Waals surface area contributed by atoms with Gasteiger partial charge in [0.15, 0.2) is 0 Å². The second-order valence-corrected chi connectivity index (χ2v) is 10.8. The van der Waals surface area contributed by atoms with E-state index in [0.717, 1.165) is 31.5 Å². The standard InChI is InChI=1S/C19H30N2O3S/c1-18(2,3)15-25(23,24)20-12-9-19(10-13-20)11-14-21(17(19)22)16-7-5-4-6-8-16/h4-5,8H,6-7,9-15H2,1-3H3. The molecule has 25 heavy (non-hydrogen) atoms. The first-order chi connectivity index (χ1) is 11.6. The number of likely N-dealkylation sites (tertiary alicyclic amines) is 1. The lowest BCUT2D eigenvalue weighted by molar-refractivity contribution is -0.136. The van der Waals surface area contributed by atoms with E-state index in [0.29, 0.717) is 25.9 Å². The number of hydrogen-bond acceptors (Lipinski definition) is 3. The van der Waals surface area contributed by atoms with E-state index < -0.39 is 10.0 Å². The lowest BCUT2D eigenvalue weighted by atomic mass is 9.77. The zero-order chi connectivity index (χ0) is 18.3. The molecule has 0 N–H and O–H groups in total. The van der Waals surface area contributed by atoms with Crippen molar-refractivity contribution in [2.75, 3.05) is 25.4 Å². The van der Waals surface area contributed by atoms with Crippen molar-refractivity contribution in [2.24, 2.45) is 10.8 Å². The monoisotopic (exact) mass is 366 g/mol. The number of allylic oxidation sites excluding steroid dienone is 3. The molecule has 2 aliphatic heterocycles. The third-order valence-electron chi connectivity index (χ3n) is 5.53. The number of rotatable bonds is 3. The summed E-state index contributed by atoms with van der Waals surface area (Å²) in [6.07, 6.45) is 10.2. The highest BCUT2D eigenvalue weighted by atomic mass is 32.2. The van der Waals surface area contributed by atoms with Crippen LogP contribution in [0.1, 0.15) is 52.9 Å². The van der Waals surface area contributed by atoms with Gasteiger partial charge >= 0.3 is 0 Å². The number of hydrogen-bond donors (Lipinski definition) is 0. The summed E-state index contributed by atoms with van der Waals surface area (Å²) in [7, 11) is -3.25. The zero-order valence-electron chi connectivity index (χ0n) is 15.6. The number of piperidine rings is 1. The fraction of sp³-hybridized carbons (Fsp3) is 0.737. The van der Waals surface area contributed by atoms with Crippen molar-refractivity contribution in [1.29, 1.82) is 0 Å². The van der Waals surface area contributed by atoms with Crippen LogP contribution in [-0.4, -0.2) is 48.9 Å². The average Bonchev–Trinajstić information content (AvgIpc) is 2.83. The van der Waals surface area contributed by atoms with Crippen LogP contribution in [-0.2, 0) is 14.8 Å². The fourth-order valence-corrected chi connectivity index (χ4v) is 6.21. The first-order valence-electron chi connectivity index (χ1n) is 9.27. The van der Waals surface area contributed by atoms with Gasteiger partial charge in [0.1, 0.15) is 0 Å². The second kappa shape index (κ2) is 6.54. The fourth-order valence-electron chi connectivity index (χ4n) is 4.20. The first-order valence-corrected chi connectivity index (χ1v) is 10.9. The molecule has 2 heterocycles. The highest BCUT2D eigenvalue weighted by Gasteiger charge is 2.50. The molecule has 3 aliphatic rings. The van der Waals surface area contributed by atoms with E-state index in [9.17, 15) is 13.2 Å². The summed E-state index contributed by atoms with van der Waals surface area (Å²) < 4.78 is 26.8. The van der Waals surface area contributed by atoms with Gasteiger partial charge in [-0.3, -0.25) is 4.79 Å². The second-order valence-electron chi connectivity index (χ2n) is 8.81. The summed E-state index contributed by atoms with van der Waals surface area (Å²) in [4.78, 5) is 15.0. The van der Waals surface area contributed by atoms with Crippen LogP contribution in [0.25, 0.3) is 0 Å². The molecule has 5 nitrogen and oxygen atoms in total. The summed E-state index contributed by atoms with van der Waals surface area (Å²) in [6.45, 7) is 7.54. The largest absolute Gasteiger partial charge is 0.316 e. The minimum atomic E-state index is -3.25. The Morgan fingerprint density at radius 2 is 1.72 bits per heavy atom. The minimum absolute atomic E-state index is 0.159. The van der Waals surface area contributed by atoms with E-state index in [1.165, 1.54) is 0 Å². The molecule has 0 aromatic heterocycles. The molecule has 3 rings (SSSR count). The number of sulfonamides is 1. The molecule has 2 saturated heterocycles. The van der Waals surface area contributed by atoms with Gasteiger partial charge in [0.2, 0.25) is 15.9 Å². The predicted molar refractivity (Wildman–Crippen MR) is 99.3 cm³/mol. The molecule has 0 bridgehead atoms. The lowest BCUT2D eigenvalue weighted by Gasteiger charge is -2.38. The van der Waals surface area contributed by atoms with E-state index in [-0.39, 0.29) is 22.5 Å². The molecule has 1 aliphatic carbocycles. The Hall–Kier alpha value is -1.14. The Balaban J connectivity index is 1.66. The summed E-state index contributed by atoms with van der Waals surface area (Å²) in [6, 6.07) is 0. The van der Waals surface area contributed by atoms with Crippen LogP contribution in [0.4, 0.5) is 0 Å². The quantitative estimate of drug-likeness (QED) is 0.722. The maximum Gasteiger partial charge on any atom is 0.233 e. The van der Waals surface area contributed by atoms with Crippen LogP contribution in [0.15, 0.2) is 23.9 Å². The summed E-state index contributed by atoms with van der Waals surface area (Å²) in [5, 5.41) is 0. The van der Waals surface area contributed by atoms with Gasteiger partial charge in [0.05, 0.1) is 11.2 Å². The van der Waals surface area contributed by atoms with Gasteiger partial charge in [-0.25, -0.2) is 12.7 Å². The van der Waals surface area contributed by atoms with Crippen LogP contribution >= 0.6 is 0 Å². The van der Waals surface area contributed by atoms with Gasteiger partial charge in [-0.15, -0.1) is 0 Å². The van der Waals surface area contributed by atoms with Gasteiger partial charge in [0.25, 0.3) is 0 Å². The van der Waals surface area contributed by atoms with Crippen molar-refractivity contribution in [2.45, 2.75) is 52.9 Å². The topological polar surface area (TPSA) is 57.7 Å². The van der Waals surface area contributed by atoms with E-state index >= 15 is 0 Å². The van der Waals surface area contributed by atoms with Crippen molar-refractivity contribution in [3.8, 4) is 0 Å². The van der Waals surface area contributed by atoms with Gasteiger partial charge < -0.3 is 4.90 Å². The molecule has 0 aromatic carbocycles. The Bertz CT molecular complexity index is 693. The molecule has 0 unspecified atom stereocenters. The van der Waals surface area contributed by atoms with Crippen LogP contribution < -0.4 is 0 Å². The Labute approximate surface area is 151 Å². The molecule has 1 amide bonds. The molecule has 2 fully saturated rings. The molecule has 0 atom stereocenters. The number of carbonyl (C=O) groups excluding carboxylic acids is 1. The van der Waals surface area contributed by atoms with Gasteiger partial charge in [-0.1, -0.05) is 39.0 Å². The number of nitrogens with zero attached hydrogens (tertiary/aromatic N) is 2. The highest BCUT2D eigenvalue weighted by Crippen LogP contribution is 2.44. The Kier molecular flexibility index (Phi) is 4.88. The third kappa shape index (κ3) is 3.85. The van der Waals surface area contributed by atoms with Crippen LogP contribution in [0, 0.1) is 10.8 Å². The van der Waals surface area contributed by atoms with Crippen LogP contribution in [0.5, 0.6) is 0 Å². The normalized spacial score (nSPS) is 24.8. The van der Waals surface area contributed by atoms with Gasteiger partial charge in [0, 0.05) is 31.8 Å². The number of carbonyl (C=O) groups is 1. The molecular weight excluding hydrogens is 336 g/mol. The smallest absolute Gasteiger partial charge is 0.233 e. The zero-order valence-corrected chi connectivity index (χ0v) is 16.4. The predicted octanol–water partition coefficient (Wildman–Crippen LogP) is 2.91. The van der Waals surface area contributed by atoms with Crippen LogP contribution in [0.2, 0.25) is 0 Å². The van der Waals surface area contributed by atoms with E-state index in [1.807, 2.05) is 25.7 Å². The summed E-state index contributed by atoms with van der Waals surface area (Å²) in [5.74, 6) is 0.369. The molecular formula is C19H30N2O3S. The molecule has 0 saturated carbocycles.